The summed E-state index contributed by atoms with van der Waals surface area (Å²) in [6.07, 6.45) is 6.42. The lowest BCUT2D eigenvalue weighted by Crippen LogP contribution is -2.32. The number of aromatic nitrogens is 2. The van der Waals surface area contributed by atoms with E-state index in [2.05, 4.69) is 12.2 Å². The molecule has 0 saturated carbocycles. The number of para-hydroxylation sites is 1. The van der Waals surface area contributed by atoms with Gasteiger partial charge < -0.3 is 19.5 Å². The van der Waals surface area contributed by atoms with Gasteiger partial charge in [0.25, 0.3) is 0 Å². The predicted octanol–water partition coefficient (Wildman–Crippen LogP) is 6.08. The maximum absolute atomic E-state index is 13.1. The fourth-order valence-corrected chi connectivity index (χ4v) is 5.03. The number of carbonyl (C=O) groups excluding carboxylic acids is 2. The molecular formula is C32H37N3O5. The van der Waals surface area contributed by atoms with Gasteiger partial charge in [-0.05, 0) is 56.7 Å². The van der Waals surface area contributed by atoms with Gasteiger partial charge >= 0.3 is 11.9 Å². The average molecular weight is 544 g/mol. The van der Waals surface area contributed by atoms with Gasteiger partial charge in [-0.2, -0.15) is 5.10 Å². The molecule has 0 atom stereocenters. The Labute approximate surface area is 235 Å². The zero-order valence-electron chi connectivity index (χ0n) is 23.8. The Morgan fingerprint density at radius 1 is 0.875 bits per heavy atom. The third-order valence-corrected chi connectivity index (χ3v) is 7.04. The number of hydrogen-bond donors (Lipinski definition) is 1. The van der Waals surface area contributed by atoms with Crippen molar-refractivity contribution in [3.05, 3.63) is 88.9 Å². The molecule has 0 fully saturated rings. The molecule has 0 saturated heterocycles. The quantitative estimate of drug-likeness (QED) is 0.231. The third-order valence-electron chi connectivity index (χ3n) is 7.04. The van der Waals surface area contributed by atoms with E-state index in [1.54, 1.807) is 18.5 Å². The number of dihydropyridines is 1. The summed E-state index contributed by atoms with van der Waals surface area (Å²) in [4.78, 5) is 26.2. The summed E-state index contributed by atoms with van der Waals surface area (Å²) in [5.74, 6) is -1.05. The van der Waals surface area contributed by atoms with Crippen LogP contribution in [0.15, 0.2) is 83.3 Å². The van der Waals surface area contributed by atoms with E-state index in [4.69, 9.17) is 19.3 Å². The van der Waals surface area contributed by atoms with Crippen LogP contribution in [0.5, 0.6) is 5.75 Å². The van der Waals surface area contributed by atoms with Gasteiger partial charge in [0.2, 0.25) is 0 Å². The van der Waals surface area contributed by atoms with Crippen LogP contribution < -0.4 is 10.1 Å². The van der Waals surface area contributed by atoms with Gasteiger partial charge in [0, 0.05) is 28.7 Å². The van der Waals surface area contributed by atoms with E-state index in [1.165, 1.54) is 27.1 Å². The van der Waals surface area contributed by atoms with Gasteiger partial charge in [0.05, 0.1) is 49.3 Å². The molecule has 0 bridgehead atoms. The summed E-state index contributed by atoms with van der Waals surface area (Å²) in [5, 5.41) is 8.11. The number of rotatable bonds is 11. The maximum Gasteiger partial charge on any atom is 0.336 e. The van der Waals surface area contributed by atoms with Crippen molar-refractivity contribution in [2.24, 2.45) is 0 Å². The molecule has 4 rings (SSSR count). The molecule has 0 unspecified atom stereocenters. The number of carbonyl (C=O) groups is 2. The van der Waals surface area contributed by atoms with Crippen LogP contribution in [0, 0.1) is 0 Å². The van der Waals surface area contributed by atoms with Crippen LogP contribution in [0.25, 0.3) is 16.9 Å². The summed E-state index contributed by atoms with van der Waals surface area (Å²) in [6.45, 7) is 6.45. The van der Waals surface area contributed by atoms with E-state index in [0.717, 1.165) is 29.8 Å². The highest BCUT2D eigenvalue weighted by Gasteiger charge is 2.40. The minimum atomic E-state index is -0.761. The molecule has 1 aromatic heterocycles. The number of benzene rings is 2. The summed E-state index contributed by atoms with van der Waals surface area (Å²) in [6, 6.07) is 17.4. The Bertz CT molecular complexity index is 1370. The first-order valence-electron chi connectivity index (χ1n) is 13.6. The zero-order chi connectivity index (χ0) is 28.6. The maximum atomic E-state index is 13.1. The Morgan fingerprint density at radius 3 is 2.08 bits per heavy atom. The largest absolute Gasteiger partial charge is 0.494 e. The highest BCUT2D eigenvalue weighted by Crippen LogP contribution is 2.43. The summed E-state index contributed by atoms with van der Waals surface area (Å²) in [5.41, 5.74) is 4.84. The van der Waals surface area contributed by atoms with E-state index in [1.807, 2.05) is 60.8 Å². The second kappa shape index (κ2) is 13.2. The van der Waals surface area contributed by atoms with Crippen LogP contribution >= 0.6 is 0 Å². The van der Waals surface area contributed by atoms with Crippen LogP contribution in [-0.2, 0) is 19.1 Å². The van der Waals surface area contributed by atoms with Crippen molar-refractivity contribution in [2.45, 2.75) is 52.4 Å². The molecule has 0 radical (unpaired) electrons. The van der Waals surface area contributed by atoms with Crippen molar-refractivity contribution >= 4 is 11.9 Å². The van der Waals surface area contributed by atoms with Gasteiger partial charge in [-0.3, -0.25) is 0 Å². The first-order chi connectivity index (χ1) is 19.4. The molecule has 0 amide bonds. The van der Waals surface area contributed by atoms with E-state index in [0.29, 0.717) is 40.4 Å². The lowest BCUT2D eigenvalue weighted by molar-refractivity contribution is -0.137. The highest BCUT2D eigenvalue weighted by molar-refractivity contribution is 6.00. The fraction of sp³-hybridized carbons (Fsp3) is 0.344. The number of nitrogens with one attached hydrogen (secondary N) is 1. The van der Waals surface area contributed by atoms with Crippen molar-refractivity contribution in [1.29, 1.82) is 0 Å². The SMILES string of the molecule is CCCCCCOc1ccc(-c2nn(-c3ccccc3)cc2C2C(C(=O)OC)=C(C)NC(C)=C2C(=O)OC)cc1. The van der Waals surface area contributed by atoms with Gasteiger partial charge in [0.15, 0.2) is 0 Å². The molecule has 1 aliphatic heterocycles. The monoisotopic (exact) mass is 543 g/mol. The van der Waals surface area contributed by atoms with Crippen LogP contribution in [0.1, 0.15) is 57.9 Å². The molecule has 3 aromatic rings. The minimum Gasteiger partial charge on any atom is -0.494 e. The third kappa shape index (κ3) is 6.11. The summed E-state index contributed by atoms with van der Waals surface area (Å²) in [7, 11) is 2.66. The summed E-state index contributed by atoms with van der Waals surface area (Å²) < 4.78 is 18.0. The lowest BCUT2D eigenvalue weighted by Gasteiger charge is -2.29. The molecule has 2 aromatic carbocycles. The smallest absolute Gasteiger partial charge is 0.336 e. The number of unbranched alkanes of at least 4 members (excludes halogenated alkanes) is 3. The van der Waals surface area contributed by atoms with Crippen molar-refractivity contribution < 1.29 is 23.8 Å². The first-order valence-corrected chi connectivity index (χ1v) is 13.6. The highest BCUT2D eigenvalue weighted by atomic mass is 16.5. The van der Waals surface area contributed by atoms with Gasteiger partial charge in [-0.15, -0.1) is 0 Å². The number of methoxy groups -OCH3 is 2. The normalized spacial score (nSPS) is 13.7. The molecule has 0 spiro atoms. The zero-order valence-corrected chi connectivity index (χ0v) is 23.8. The Morgan fingerprint density at radius 2 is 1.50 bits per heavy atom. The fourth-order valence-electron chi connectivity index (χ4n) is 5.03. The Balaban J connectivity index is 1.83. The molecule has 40 heavy (non-hydrogen) atoms. The Kier molecular flexibility index (Phi) is 9.43. The van der Waals surface area contributed by atoms with Crippen molar-refractivity contribution in [3.8, 4) is 22.7 Å². The van der Waals surface area contributed by atoms with Gasteiger partial charge in [-0.25, -0.2) is 14.3 Å². The molecule has 8 nitrogen and oxygen atoms in total. The van der Waals surface area contributed by atoms with E-state index in [-0.39, 0.29) is 0 Å². The molecule has 2 heterocycles. The van der Waals surface area contributed by atoms with Crippen LogP contribution in [0.3, 0.4) is 0 Å². The first kappa shape index (κ1) is 28.7. The summed E-state index contributed by atoms with van der Waals surface area (Å²) >= 11 is 0. The molecule has 0 aliphatic carbocycles. The van der Waals surface area contributed by atoms with Crippen LogP contribution in [-0.4, -0.2) is 42.5 Å². The van der Waals surface area contributed by atoms with Crippen molar-refractivity contribution in [3.63, 3.8) is 0 Å². The lowest BCUT2D eigenvalue weighted by atomic mass is 9.79. The van der Waals surface area contributed by atoms with E-state index in [9.17, 15) is 9.59 Å². The number of allylic oxidation sites excluding steroid dienone is 2. The molecular weight excluding hydrogens is 506 g/mol. The minimum absolute atomic E-state index is 0.328. The van der Waals surface area contributed by atoms with E-state index < -0.39 is 17.9 Å². The van der Waals surface area contributed by atoms with E-state index >= 15 is 0 Å². The van der Waals surface area contributed by atoms with Crippen LogP contribution in [0.2, 0.25) is 0 Å². The predicted molar refractivity (Wildman–Crippen MR) is 154 cm³/mol. The number of nitrogens with zero attached hydrogens (tertiary/aromatic N) is 2. The number of ether oxygens (including phenoxy) is 3. The second-order valence-electron chi connectivity index (χ2n) is 9.77. The van der Waals surface area contributed by atoms with Crippen LogP contribution in [0.4, 0.5) is 0 Å². The molecule has 210 valence electrons. The second-order valence-corrected chi connectivity index (χ2v) is 9.77. The Hall–Kier alpha value is -4.33. The topological polar surface area (TPSA) is 91.7 Å². The van der Waals surface area contributed by atoms with Crippen molar-refractivity contribution in [1.82, 2.24) is 15.1 Å². The average Bonchev–Trinajstić information content (AvgIpc) is 3.42. The molecule has 1 N–H and O–H groups in total. The molecule has 1 aliphatic rings. The number of esters is 2. The standard InChI is InChI=1S/C32H37N3O5/c1-6-7-8-12-19-40-25-17-15-23(16-18-25)30-26(20-35(34-30)24-13-10-9-11-14-24)29-27(31(36)38-4)21(2)33-22(3)28(29)32(37)39-5/h9-11,13-18,20,29,33H,6-8,12,19H2,1-5H3. The van der Waals surface area contributed by atoms with Crippen molar-refractivity contribution in [2.75, 3.05) is 20.8 Å². The number of hydrogen-bond acceptors (Lipinski definition) is 7. The van der Waals surface area contributed by atoms with Gasteiger partial charge in [-0.1, -0.05) is 44.4 Å². The molecule has 8 heteroatoms. The van der Waals surface area contributed by atoms with Gasteiger partial charge in [0.1, 0.15) is 5.75 Å².